The van der Waals surface area contributed by atoms with Gasteiger partial charge in [-0.05, 0) is 240 Å². The molecule has 5 heterocycles. The fourth-order valence-corrected chi connectivity index (χ4v) is 22.8. The number of benzene rings is 18. The van der Waals surface area contributed by atoms with Gasteiger partial charge in [0, 0.05) is 78.9 Å². The summed E-state index contributed by atoms with van der Waals surface area (Å²) in [6.07, 6.45) is 0. The maximum absolute atomic E-state index is 10.4. The first kappa shape index (κ1) is 72.0. The molecule has 0 N–H and O–H groups in total. The van der Waals surface area contributed by atoms with Crippen LogP contribution in [0.3, 0.4) is 0 Å². The highest BCUT2D eigenvalue weighted by molar-refractivity contribution is 7.02. The Morgan fingerprint density at radius 2 is 0.689 bits per heavy atom. The topological polar surface area (TPSA) is 23.9 Å². The summed E-state index contributed by atoms with van der Waals surface area (Å²) < 4.78 is 79.3. The molecule has 2 aliphatic carbocycles. The van der Waals surface area contributed by atoms with Crippen molar-refractivity contribution in [2.24, 2.45) is 0 Å². The van der Waals surface area contributed by atoms with Gasteiger partial charge in [-0.1, -0.05) is 380 Å². The molecule has 0 radical (unpaired) electrons. The second kappa shape index (κ2) is 29.0. The van der Waals surface area contributed by atoms with Gasteiger partial charge in [0.25, 0.3) is 13.4 Å². The van der Waals surface area contributed by atoms with Gasteiger partial charge in [-0.25, -0.2) is 0 Å². The van der Waals surface area contributed by atoms with Crippen LogP contribution in [0.25, 0.3) is 105 Å². The Kier molecular flexibility index (Phi) is 15.8. The summed E-state index contributed by atoms with van der Waals surface area (Å²) >= 11 is 0. The van der Waals surface area contributed by atoms with E-state index in [0.717, 1.165) is 189 Å². The van der Waals surface area contributed by atoms with Gasteiger partial charge in [0.15, 0.2) is 0 Å². The molecule has 4 aliphatic heterocycles. The lowest BCUT2D eigenvalue weighted by molar-refractivity contribution is 0.488. The molecule has 0 saturated heterocycles. The largest absolute Gasteiger partial charge is 0.458 e. The lowest BCUT2D eigenvalue weighted by Crippen LogP contribution is -2.64. The van der Waals surface area contributed by atoms with Crippen molar-refractivity contribution in [3.8, 4) is 95.1 Å². The highest BCUT2D eigenvalue weighted by Gasteiger charge is 2.55. The zero-order valence-corrected chi connectivity index (χ0v) is 76.3. The zero-order chi connectivity index (χ0) is 95.4. The molecule has 19 aromatic rings. The van der Waals surface area contributed by atoms with Crippen LogP contribution >= 0.6 is 0 Å². The molecular formula is C125H100B2N4O. The molecule has 0 saturated carbocycles. The molecule has 0 fully saturated rings. The van der Waals surface area contributed by atoms with Crippen LogP contribution in [0.1, 0.15) is 137 Å². The summed E-state index contributed by atoms with van der Waals surface area (Å²) in [5, 5.41) is 2.29. The number of aromatic nitrogens is 1. The van der Waals surface area contributed by atoms with Crippen molar-refractivity contribution in [1.82, 2.24) is 4.57 Å². The third-order valence-corrected chi connectivity index (χ3v) is 29.1. The summed E-state index contributed by atoms with van der Waals surface area (Å²) in [5.74, 6) is 1.30. The van der Waals surface area contributed by atoms with E-state index in [1.165, 1.54) is 22.3 Å². The molecule has 18 aromatic carbocycles. The van der Waals surface area contributed by atoms with E-state index >= 15 is 0 Å². The summed E-state index contributed by atoms with van der Waals surface area (Å²) in [4.78, 5) is 7.79. The van der Waals surface area contributed by atoms with Crippen molar-refractivity contribution in [2.45, 2.75) is 110 Å². The second-order valence-corrected chi connectivity index (χ2v) is 40.9. The molecule has 132 heavy (non-hydrogen) atoms. The minimum atomic E-state index is -1.54. The molecule has 1 atom stereocenters. The molecule has 0 bridgehead atoms. The molecular weight excluding hydrogens is 1600 g/mol. The average Bonchev–Trinajstić information content (AvgIpc) is 1.50. The predicted molar refractivity (Wildman–Crippen MR) is 559 cm³/mol. The van der Waals surface area contributed by atoms with Crippen molar-refractivity contribution >= 4 is 119 Å². The van der Waals surface area contributed by atoms with Gasteiger partial charge in [-0.3, -0.25) is 0 Å². The highest BCUT2D eigenvalue weighted by atomic mass is 16.5. The average molecular weight is 1700 g/mol. The van der Waals surface area contributed by atoms with Crippen LogP contribution in [-0.4, -0.2) is 18.0 Å². The van der Waals surface area contributed by atoms with Gasteiger partial charge in [0.05, 0.1) is 43.1 Å². The van der Waals surface area contributed by atoms with E-state index < -0.39 is 30.9 Å². The minimum absolute atomic E-state index is 0.168. The van der Waals surface area contributed by atoms with E-state index in [4.69, 9.17) is 4.74 Å². The maximum atomic E-state index is 10.4. The van der Waals surface area contributed by atoms with Crippen molar-refractivity contribution in [3.05, 3.63) is 433 Å². The van der Waals surface area contributed by atoms with Crippen molar-refractivity contribution < 1.29 is 14.3 Å². The molecule has 25 rings (SSSR count). The molecule has 6 aliphatic rings. The number of hydrogen-bond donors (Lipinski definition) is 0. The first-order chi connectivity index (χ1) is 66.9. The normalized spacial score (nSPS) is 15.4. The van der Waals surface area contributed by atoms with Crippen LogP contribution in [0.5, 0.6) is 11.5 Å². The third-order valence-electron chi connectivity index (χ3n) is 29.1. The van der Waals surface area contributed by atoms with Crippen LogP contribution in [0, 0.1) is 0 Å². The van der Waals surface area contributed by atoms with E-state index in [2.05, 4.69) is 424 Å². The molecule has 1 aromatic heterocycles. The number of ether oxygens (including phenoxy) is 1. The minimum Gasteiger partial charge on any atom is -0.458 e. The van der Waals surface area contributed by atoms with E-state index in [9.17, 15) is 9.60 Å². The molecule has 5 nitrogen and oxygen atoms in total. The fraction of sp³-hybridized carbons (Fsp3) is 0.136. The van der Waals surface area contributed by atoms with E-state index in [1.54, 1.807) is 6.07 Å². The van der Waals surface area contributed by atoms with Crippen LogP contribution in [0.15, 0.2) is 388 Å². The second-order valence-electron chi connectivity index (χ2n) is 40.9. The van der Waals surface area contributed by atoms with Gasteiger partial charge in [0.1, 0.15) is 11.5 Å². The number of anilines is 9. The Morgan fingerprint density at radius 1 is 0.265 bits per heavy atom. The van der Waals surface area contributed by atoms with E-state index in [0.29, 0.717) is 22.6 Å². The summed E-state index contributed by atoms with van der Waals surface area (Å²) in [7, 11) is 0. The Bertz CT molecular complexity index is 8310. The Labute approximate surface area is 785 Å². The summed E-state index contributed by atoms with van der Waals surface area (Å²) in [5.41, 5.74) is 35.1. The van der Waals surface area contributed by atoms with E-state index in [1.807, 2.05) is 18.2 Å². The predicted octanol–water partition coefficient (Wildman–Crippen LogP) is 29.1. The van der Waals surface area contributed by atoms with Crippen molar-refractivity contribution in [1.29, 1.82) is 0 Å². The van der Waals surface area contributed by atoms with Crippen LogP contribution in [0.2, 0.25) is 0 Å². The van der Waals surface area contributed by atoms with Gasteiger partial charge < -0.3 is 24.0 Å². The van der Waals surface area contributed by atoms with Gasteiger partial charge in [0.2, 0.25) is 0 Å². The molecule has 0 amide bonds. The first-order valence-corrected chi connectivity index (χ1v) is 46.4. The summed E-state index contributed by atoms with van der Waals surface area (Å²) in [6, 6.07) is 126. The third kappa shape index (κ3) is 11.8. The number of fused-ring (bicyclic) bond motifs is 21. The molecule has 1 spiro atoms. The Balaban J connectivity index is 0.836. The highest BCUT2D eigenvalue weighted by Crippen LogP contribution is 2.66. The molecule has 7 heteroatoms. The molecule has 1 unspecified atom stereocenters. The monoisotopic (exact) mass is 1700 g/mol. The first-order valence-electron chi connectivity index (χ1n) is 49.9. The zero-order valence-electron chi connectivity index (χ0n) is 83.3. The van der Waals surface area contributed by atoms with Gasteiger partial charge in [-0.15, -0.1) is 0 Å². The Hall–Kier alpha value is -14.9. The Morgan fingerprint density at radius 3 is 1.23 bits per heavy atom. The fourth-order valence-electron chi connectivity index (χ4n) is 22.8. The lowest BCUT2D eigenvalue weighted by Gasteiger charge is -2.47. The van der Waals surface area contributed by atoms with Crippen LogP contribution in [-0.2, 0) is 27.1 Å². The molecule has 632 valence electrons. The van der Waals surface area contributed by atoms with Crippen LogP contribution in [0.4, 0.5) is 51.2 Å². The lowest BCUT2D eigenvalue weighted by atomic mass is 9.30. The number of hydrogen-bond acceptors (Lipinski definition) is 4. The maximum Gasteiger partial charge on any atom is 0.256 e. The van der Waals surface area contributed by atoms with Crippen molar-refractivity contribution in [3.63, 3.8) is 0 Å². The quantitative estimate of drug-likeness (QED) is 0.134. The van der Waals surface area contributed by atoms with Gasteiger partial charge in [-0.2, -0.15) is 0 Å². The standard InChI is InChI=1S/C125H100B2N4O/c1-121(2,3)82-66-83(122(4,5)6)68-86(67-82)129-108-62-37-33-58-102(108)127-105-75-104-110(76-114(105)132-115-65-81(64-111(129)118(115)127)88-53-39-54-94-91-50-27-32-57-101(91)125(116(88)94)99-55-30-25-48-89(99)90-49-26-31-56-100(90)125)131(120-97(79-44-21-15-22-45-79)71-85(124(10,11)12)72-98(120)80-46-23-16-24-47-80)113-74-87(128-106-60-35-28-51-92(106)93-52-29-36-61-107(93)128)73-112-117(113)126(104)103-59-34-38-63-109(103)130(112)119-95(77-40-17-13-18-41-77)69-84(123(7,8)9)70-96(119)78-42-19-14-20-43-78/h13-76H,1-12H3/i25D,26D,30D,31D,48D,49D,55D. The number of nitrogens with zero attached hydrogens (tertiary/aromatic N) is 4. The van der Waals surface area contributed by atoms with Gasteiger partial charge >= 0.3 is 0 Å². The number of para-hydroxylation sites is 4. The van der Waals surface area contributed by atoms with Crippen LogP contribution < -0.4 is 52.2 Å². The van der Waals surface area contributed by atoms with E-state index in [-0.39, 0.29) is 63.0 Å². The number of rotatable bonds is 9. The smallest absolute Gasteiger partial charge is 0.256 e. The summed E-state index contributed by atoms with van der Waals surface area (Å²) in [6.45, 7) is 26.8. The van der Waals surface area contributed by atoms with Crippen molar-refractivity contribution in [2.75, 3.05) is 14.7 Å². The SMILES string of the molecule is [2H]c1cc2c(c([2H])c1[2H])-c1c([2H])c([2H])c([2H])c([2H])c1C21c2ccccc2-c2cccc(-c3cc4c5c(c3)N(c3cc(C(C)(C)C)cc(C(C)(C)C)c3)c3ccccc3B5c3cc5c(cc3O4)N(c3c(-c4ccccc4)cc(C(C)(C)C)cc3-c3ccccc3)c3cc(-n4c6ccccc6c6ccccc64)cc4c3B5c3ccccc3N4c3c(-c4ccccc4)cc(C(C)(C)C)cc3-c3ccccc3)c21.